The number of hydrogen-bond acceptors (Lipinski definition) is 4. The fourth-order valence-electron chi connectivity index (χ4n) is 1.49. The lowest BCUT2D eigenvalue weighted by molar-refractivity contribution is 0.415. The Kier molecular flexibility index (Phi) is 4.21. The molecule has 0 spiro atoms. The molecule has 4 heteroatoms. The Labute approximate surface area is 111 Å². The third-order valence-corrected chi connectivity index (χ3v) is 2.50. The topological polar surface area (TPSA) is 51.0 Å². The Morgan fingerprint density at radius 2 is 1.89 bits per heavy atom. The first kappa shape index (κ1) is 12.7. The molecule has 0 fully saturated rings. The van der Waals surface area contributed by atoms with E-state index in [1.165, 1.54) is 0 Å². The zero-order valence-electron chi connectivity index (χ0n) is 10.4. The van der Waals surface area contributed by atoms with Crippen molar-refractivity contribution in [1.82, 2.24) is 0 Å². The van der Waals surface area contributed by atoms with Gasteiger partial charge in [-0.05, 0) is 42.0 Å². The summed E-state index contributed by atoms with van der Waals surface area (Å²) in [6.45, 7) is 0. The second-order valence-corrected chi connectivity index (χ2v) is 3.74. The van der Waals surface area contributed by atoms with Crippen molar-refractivity contribution in [2.24, 2.45) is 10.2 Å². The lowest BCUT2D eigenvalue weighted by atomic mass is 10.1. The predicted octanol–water partition coefficient (Wildman–Crippen LogP) is 2.35. The molecule has 0 N–H and O–H groups in total. The van der Waals surface area contributed by atoms with E-state index in [2.05, 4.69) is 10.2 Å². The maximum absolute atomic E-state index is 10.7. The smallest absolute Gasteiger partial charge is 0.134 e. The molecule has 1 aliphatic rings. The van der Waals surface area contributed by atoms with Gasteiger partial charge in [0.25, 0.3) is 0 Å². The van der Waals surface area contributed by atoms with Gasteiger partial charge in [0.05, 0.1) is 18.9 Å². The number of methoxy groups -OCH3 is 1. The summed E-state index contributed by atoms with van der Waals surface area (Å²) in [5.41, 5.74) is 1.80. The molecule has 0 aromatic heterocycles. The van der Waals surface area contributed by atoms with E-state index in [-0.39, 0.29) is 0 Å². The summed E-state index contributed by atoms with van der Waals surface area (Å²) >= 11 is 0. The summed E-state index contributed by atoms with van der Waals surface area (Å²) in [6.07, 6.45) is 8.52. The van der Waals surface area contributed by atoms with Crippen molar-refractivity contribution in [3.05, 3.63) is 59.7 Å². The van der Waals surface area contributed by atoms with Crippen LogP contribution in [0.5, 0.6) is 5.75 Å². The van der Waals surface area contributed by atoms with Crippen LogP contribution in [0.25, 0.3) is 0 Å². The monoisotopic (exact) mass is 252 g/mol. The molecule has 1 aromatic rings. The van der Waals surface area contributed by atoms with Gasteiger partial charge in [-0.3, -0.25) is 0 Å². The SMILES string of the molecule is COc1ccc(/C=N\N=C2\C=CC=CC2=C=O)cc1. The van der Waals surface area contributed by atoms with Gasteiger partial charge in [-0.1, -0.05) is 12.2 Å². The van der Waals surface area contributed by atoms with E-state index in [9.17, 15) is 4.79 Å². The molecule has 0 saturated carbocycles. The second-order valence-electron chi connectivity index (χ2n) is 3.74. The van der Waals surface area contributed by atoms with Gasteiger partial charge in [0.1, 0.15) is 17.4 Å². The molecular formula is C15H12N2O2. The highest BCUT2D eigenvalue weighted by atomic mass is 16.5. The van der Waals surface area contributed by atoms with Crippen molar-refractivity contribution in [3.8, 4) is 5.75 Å². The fraction of sp³-hybridized carbons (Fsp3) is 0.0667. The van der Waals surface area contributed by atoms with Crippen molar-refractivity contribution < 1.29 is 9.53 Å². The van der Waals surface area contributed by atoms with Gasteiger partial charge in [0, 0.05) is 0 Å². The van der Waals surface area contributed by atoms with Crippen LogP contribution in [0.1, 0.15) is 5.56 Å². The largest absolute Gasteiger partial charge is 0.497 e. The molecule has 0 saturated heterocycles. The number of nitrogens with zero attached hydrogens (tertiary/aromatic N) is 2. The summed E-state index contributed by atoms with van der Waals surface area (Å²) in [7, 11) is 1.62. The van der Waals surface area contributed by atoms with Crippen LogP contribution in [0, 0.1) is 0 Å². The van der Waals surface area contributed by atoms with Crippen LogP contribution >= 0.6 is 0 Å². The van der Waals surface area contributed by atoms with Gasteiger partial charge < -0.3 is 4.74 Å². The quantitative estimate of drug-likeness (QED) is 0.471. The van der Waals surface area contributed by atoms with Gasteiger partial charge in [-0.25, -0.2) is 4.79 Å². The summed E-state index contributed by atoms with van der Waals surface area (Å²) in [6, 6.07) is 7.42. The van der Waals surface area contributed by atoms with Crippen LogP contribution in [0.2, 0.25) is 0 Å². The lowest BCUT2D eigenvalue weighted by Crippen LogP contribution is -1.99. The fourth-order valence-corrected chi connectivity index (χ4v) is 1.49. The summed E-state index contributed by atoms with van der Waals surface area (Å²) < 4.78 is 5.06. The summed E-state index contributed by atoms with van der Waals surface area (Å²) in [5.74, 6) is 2.61. The molecule has 0 heterocycles. The van der Waals surface area contributed by atoms with Crippen molar-refractivity contribution in [3.63, 3.8) is 0 Å². The maximum atomic E-state index is 10.7. The molecule has 0 atom stereocenters. The Balaban J connectivity index is 2.12. The van der Waals surface area contributed by atoms with Gasteiger partial charge in [0.2, 0.25) is 0 Å². The van der Waals surface area contributed by atoms with E-state index in [0.717, 1.165) is 11.3 Å². The number of ether oxygens (including phenoxy) is 1. The normalized spacial score (nSPS) is 16.1. The van der Waals surface area contributed by atoms with Gasteiger partial charge in [0.15, 0.2) is 0 Å². The molecule has 0 unspecified atom stereocenters. The van der Waals surface area contributed by atoms with Crippen molar-refractivity contribution in [2.45, 2.75) is 0 Å². The van der Waals surface area contributed by atoms with Crippen LogP contribution in [0.3, 0.4) is 0 Å². The van der Waals surface area contributed by atoms with Crippen molar-refractivity contribution >= 4 is 17.9 Å². The first-order valence-corrected chi connectivity index (χ1v) is 5.69. The van der Waals surface area contributed by atoms with E-state index < -0.39 is 0 Å². The number of benzene rings is 1. The highest BCUT2D eigenvalue weighted by Gasteiger charge is 2.03. The van der Waals surface area contributed by atoms with Crippen molar-refractivity contribution in [2.75, 3.05) is 7.11 Å². The molecule has 1 aliphatic carbocycles. The molecule has 0 aliphatic heterocycles. The highest BCUT2D eigenvalue weighted by molar-refractivity contribution is 6.16. The number of carbonyl (C=O) groups excluding carboxylic acids is 1. The summed E-state index contributed by atoms with van der Waals surface area (Å²) in [4.78, 5) is 10.7. The third kappa shape index (κ3) is 3.37. The first-order chi connectivity index (χ1) is 9.33. The average molecular weight is 252 g/mol. The predicted molar refractivity (Wildman–Crippen MR) is 75.5 cm³/mol. The van der Waals surface area contributed by atoms with Crippen LogP contribution in [0.15, 0.2) is 64.3 Å². The molecule has 0 amide bonds. The Bertz CT molecular complexity index is 616. The van der Waals surface area contributed by atoms with Crippen molar-refractivity contribution in [1.29, 1.82) is 0 Å². The molecule has 19 heavy (non-hydrogen) atoms. The van der Waals surface area contributed by atoms with E-state index in [1.807, 2.05) is 30.2 Å². The minimum atomic E-state index is 0.398. The number of hydrogen-bond donors (Lipinski definition) is 0. The Hall–Kier alpha value is -2.71. The second kappa shape index (κ2) is 6.28. The number of allylic oxidation sites excluding steroid dienone is 5. The van der Waals surface area contributed by atoms with Crippen LogP contribution in [-0.4, -0.2) is 25.0 Å². The van der Waals surface area contributed by atoms with Gasteiger partial charge >= 0.3 is 0 Å². The molecule has 2 rings (SSSR count). The third-order valence-electron chi connectivity index (χ3n) is 2.50. The van der Waals surface area contributed by atoms with Gasteiger partial charge in [-0.2, -0.15) is 5.10 Å². The van der Waals surface area contributed by atoms with Crippen LogP contribution in [0.4, 0.5) is 0 Å². The van der Waals surface area contributed by atoms with E-state index in [1.54, 1.807) is 37.6 Å². The Morgan fingerprint density at radius 3 is 2.58 bits per heavy atom. The van der Waals surface area contributed by atoms with E-state index in [4.69, 9.17) is 4.74 Å². The van der Waals surface area contributed by atoms with Gasteiger partial charge in [-0.15, -0.1) is 5.10 Å². The number of rotatable bonds is 3. The molecule has 94 valence electrons. The highest BCUT2D eigenvalue weighted by Crippen LogP contribution is 2.10. The Morgan fingerprint density at radius 1 is 1.16 bits per heavy atom. The summed E-state index contributed by atoms with van der Waals surface area (Å²) in [5, 5.41) is 7.95. The van der Waals surface area contributed by atoms with E-state index >= 15 is 0 Å². The molecule has 0 bridgehead atoms. The van der Waals surface area contributed by atoms with Crippen LogP contribution < -0.4 is 4.74 Å². The molecule has 1 aromatic carbocycles. The molecule has 0 radical (unpaired) electrons. The zero-order chi connectivity index (χ0) is 13.5. The average Bonchev–Trinajstić information content (AvgIpc) is 2.48. The minimum Gasteiger partial charge on any atom is -0.497 e. The molecular weight excluding hydrogens is 240 g/mol. The standard InChI is InChI=1S/C15H12N2O2/c1-19-14-8-6-12(7-9-14)10-16-17-15-5-3-2-4-13(15)11-18/h2-10H,1H3/b16-10-,17-15-. The minimum absolute atomic E-state index is 0.398. The van der Waals surface area contributed by atoms with Crippen LogP contribution in [-0.2, 0) is 4.79 Å². The van der Waals surface area contributed by atoms with E-state index in [0.29, 0.717) is 11.3 Å². The maximum Gasteiger partial charge on any atom is 0.134 e. The lowest BCUT2D eigenvalue weighted by Gasteiger charge is -1.99. The molecule has 4 nitrogen and oxygen atoms in total. The zero-order valence-corrected chi connectivity index (χ0v) is 10.4. The first-order valence-electron chi connectivity index (χ1n) is 5.69.